The number of benzene rings is 1. The zero-order valence-electron chi connectivity index (χ0n) is 16.6. The van der Waals surface area contributed by atoms with Crippen LogP contribution in [0.5, 0.6) is 5.75 Å². The largest absolute Gasteiger partial charge is 0.507 e. The van der Waals surface area contributed by atoms with Crippen LogP contribution in [0, 0.1) is 0 Å². The van der Waals surface area contributed by atoms with E-state index in [4.69, 9.17) is 0 Å². The Morgan fingerprint density at radius 2 is 1.50 bits per heavy atom. The number of nitrogens with zero attached hydrogens (tertiary/aromatic N) is 1. The van der Waals surface area contributed by atoms with Crippen molar-refractivity contribution < 1.29 is 18.3 Å². The van der Waals surface area contributed by atoms with E-state index in [0.717, 1.165) is 5.56 Å². The van der Waals surface area contributed by atoms with E-state index < -0.39 is 17.6 Å². The second kappa shape index (κ2) is 7.04. The van der Waals surface area contributed by atoms with E-state index in [2.05, 4.69) is 5.32 Å². The van der Waals surface area contributed by atoms with Crippen molar-refractivity contribution in [3.8, 4) is 5.75 Å². The number of halogens is 3. The molecule has 6 heteroatoms. The summed E-state index contributed by atoms with van der Waals surface area (Å²) < 4.78 is 42.2. The average molecular weight is 372 g/mol. The smallest absolute Gasteiger partial charge is 0.408 e. The quantitative estimate of drug-likeness (QED) is 0.803. The van der Waals surface area contributed by atoms with Gasteiger partial charge in [-0.15, -0.1) is 0 Å². The lowest BCUT2D eigenvalue weighted by molar-refractivity contribution is -0.188. The number of phenolic OH excluding ortho intramolecular Hbond substituents is 1. The number of rotatable bonds is 2. The Morgan fingerprint density at radius 1 is 0.962 bits per heavy atom. The molecule has 2 N–H and O–H groups in total. The molecule has 1 aromatic carbocycles. The van der Waals surface area contributed by atoms with Gasteiger partial charge in [-0.1, -0.05) is 47.6 Å². The lowest BCUT2D eigenvalue weighted by Crippen LogP contribution is -2.49. The van der Waals surface area contributed by atoms with E-state index in [1.807, 2.05) is 47.6 Å². The summed E-state index contributed by atoms with van der Waals surface area (Å²) in [4.78, 5) is 1.42. The first kappa shape index (κ1) is 21.0. The molecule has 1 atom stereocenters. The number of piperazine rings is 1. The Hall–Kier alpha value is -1.27. The van der Waals surface area contributed by atoms with E-state index in [9.17, 15) is 18.3 Å². The summed E-state index contributed by atoms with van der Waals surface area (Å²) in [6.07, 6.45) is -4.46. The number of phenols is 1. The van der Waals surface area contributed by atoms with Crippen LogP contribution in [0.25, 0.3) is 0 Å². The van der Waals surface area contributed by atoms with Crippen LogP contribution in [-0.2, 0) is 10.8 Å². The second-order valence-electron chi connectivity index (χ2n) is 9.19. The van der Waals surface area contributed by atoms with Crippen molar-refractivity contribution in [3.63, 3.8) is 0 Å². The van der Waals surface area contributed by atoms with Gasteiger partial charge in [0.1, 0.15) is 11.8 Å². The van der Waals surface area contributed by atoms with Gasteiger partial charge in [0, 0.05) is 31.7 Å². The van der Waals surface area contributed by atoms with Crippen LogP contribution in [0.4, 0.5) is 13.2 Å². The predicted octanol–water partition coefficient (Wildman–Crippen LogP) is 4.50. The highest BCUT2D eigenvalue weighted by molar-refractivity contribution is 5.50. The molecule has 0 radical (unpaired) electrons. The van der Waals surface area contributed by atoms with Crippen molar-refractivity contribution >= 4 is 0 Å². The molecule has 0 aliphatic carbocycles. The molecule has 2 rings (SSSR count). The van der Waals surface area contributed by atoms with Gasteiger partial charge in [-0.05, 0) is 28.0 Å². The van der Waals surface area contributed by atoms with E-state index in [1.54, 1.807) is 6.07 Å². The topological polar surface area (TPSA) is 35.5 Å². The molecule has 0 aromatic heterocycles. The lowest BCUT2D eigenvalue weighted by atomic mass is 9.78. The summed E-state index contributed by atoms with van der Waals surface area (Å²) >= 11 is 0. The van der Waals surface area contributed by atoms with Crippen LogP contribution >= 0.6 is 0 Å². The van der Waals surface area contributed by atoms with Crippen LogP contribution < -0.4 is 5.32 Å². The summed E-state index contributed by atoms with van der Waals surface area (Å²) in [6, 6.07) is 1.60. The minimum atomic E-state index is -4.46. The van der Waals surface area contributed by atoms with Gasteiger partial charge in [0.2, 0.25) is 0 Å². The van der Waals surface area contributed by atoms with Crippen LogP contribution in [0.1, 0.15) is 64.3 Å². The van der Waals surface area contributed by atoms with E-state index >= 15 is 0 Å². The van der Waals surface area contributed by atoms with Crippen molar-refractivity contribution in [1.82, 2.24) is 10.2 Å². The summed E-state index contributed by atoms with van der Waals surface area (Å²) in [5.41, 5.74) is 0.558. The maximum atomic E-state index is 14.1. The number of hydrogen-bond donors (Lipinski definition) is 2. The SMILES string of the molecule is CC(C)(C)c1cc([C@@H](N2CCNCC2)C(F)(F)F)c(O)c(C(C)(C)C)c1. The molecule has 0 spiro atoms. The monoisotopic (exact) mass is 372 g/mol. The highest BCUT2D eigenvalue weighted by atomic mass is 19.4. The molecule has 3 nitrogen and oxygen atoms in total. The van der Waals surface area contributed by atoms with Gasteiger partial charge in [-0.2, -0.15) is 13.2 Å². The third-order valence-electron chi connectivity index (χ3n) is 4.93. The summed E-state index contributed by atoms with van der Waals surface area (Å²) in [5, 5.41) is 13.9. The van der Waals surface area contributed by atoms with E-state index in [0.29, 0.717) is 31.7 Å². The lowest BCUT2D eigenvalue weighted by Gasteiger charge is -2.38. The zero-order valence-corrected chi connectivity index (χ0v) is 16.6. The van der Waals surface area contributed by atoms with Crippen LogP contribution in [0.3, 0.4) is 0 Å². The van der Waals surface area contributed by atoms with Gasteiger partial charge >= 0.3 is 6.18 Å². The number of hydrogen-bond acceptors (Lipinski definition) is 3. The van der Waals surface area contributed by atoms with Crippen LogP contribution in [-0.4, -0.2) is 42.4 Å². The predicted molar refractivity (Wildman–Crippen MR) is 98.7 cm³/mol. The van der Waals surface area contributed by atoms with E-state index in [1.165, 1.54) is 4.90 Å². The second-order valence-corrected chi connectivity index (χ2v) is 9.19. The first-order chi connectivity index (χ1) is 11.7. The fraction of sp³-hybridized carbons (Fsp3) is 0.700. The Balaban J connectivity index is 2.70. The molecule has 26 heavy (non-hydrogen) atoms. The highest BCUT2D eigenvalue weighted by Gasteiger charge is 2.47. The molecular formula is C20H31F3N2O. The number of nitrogens with one attached hydrogen (secondary N) is 1. The van der Waals surface area contributed by atoms with Gasteiger partial charge in [-0.3, -0.25) is 4.90 Å². The average Bonchev–Trinajstić information content (AvgIpc) is 2.46. The first-order valence-electron chi connectivity index (χ1n) is 9.12. The number of aromatic hydroxyl groups is 1. The molecule has 0 amide bonds. The molecule has 1 aliphatic rings. The third kappa shape index (κ3) is 4.52. The molecule has 0 unspecified atom stereocenters. The fourth-order valence-electron chi connectivity index (χ4n) is 3.39. The minimum Gasteiger partial charge on any atom is -0.507 e. The molecule has 1 aromatic rings. The maximum absolute atomic E-state index is 14.1. The van der Waals surface area contributed by atoms with Crippen molar-refractivity contribution in [2.24, 2.45) is 0 Å². The van der Waals surface area contributed by atoms with Crippen molar-refractivity contribution in [2.75, 3.05) is 26.2 Å². The molecular weight excluding hydrogens is 341 g/mol. The molecule has 1 fully saturated rings. The highest BCUT2D eigenvalue weighted by Crippen LogP contribution is 2.46. The zero-order chi connectivity index (χ0) is 19.9. The normalized spacial score (nSPS) is 18.8. The summed E-state index contributed by atoms with van der Waals surface area (Å²) in [6.45, 7) is 13.3. The van der Waals surface area contributed by atoms with Gasteiger partial charge in [-0.25, -0.2) is 0 Å². The minimum absolute atomic E-state index is 0.0308. The maximum Gasteiger partial charge on any atom is 0.408 e. The van der Waals surface area contributed by atoms with Gasteiger partial charge in [0.25, 0.3) is 0 Å². The first-order valence-corrected chi connectivity index (χ1v) is 9.12. The molecule has 148 valence electrons. The third-order valence-corrected chi connectivity index (χ3v) is 4.93. The molecule has 0 saturated carbocycles. The van der Waals surface area contributed by atoms with Crippen molar-refractivity contribution in [2.45, 2.75) is 64.6 Å². The van der Waals surface area contributed by atoms with Gasteiger partial charge in [0.15, 0.2) is 0 Å². The standard InChI is InChI=1S/C20H31F3N2O/c1-18(2,3)13-11-14(16(26)15(12-13)19(4,5)6)17(20(21,22)23)25-9-7-24-8-10-25/h11-12,17,24,26H,7-10H2,1-6H3/t17-/m1/s1. The summed E-state index contributed by atoms with van der Waals surface area (Å²) in [5.74, 6) is -0.230. The molecule has 1 heterocycles. The Morgan fingerprint density at radius 3 is 1.92 bits per heavy atom. The van der Waals surface area contributed by atoms with Crippen molar-refractivity contribution in [3.05, 3.63) is 28.8 Å². The summed E-state index contributed by atoms with van der Waals surface area (Å²) in [7, 11) is 0. The Bertz CT molecular complexity index is 636. The fourth-order valence-corrected chi connectivity index (χ4v) is 3.39. The molecule has 0 bridgehead atoms. The van der Waals surface area contributed by atoms with Gasteiger partial charge in [0.05, 0.1) is 0 Å². The Kier molecular flexibility index (Phi) is 5.70. The van der Waals surface area contributed by atoms with Crippen LogP contribution in [0.2, 0.25) is 0 Å². The van der Waals surface area contributed by atoms with Crippen LogP contribution in [0.15, 0.2) is 12.1 Å². The van der Waals surface area contributed by atoms with Gasteiger partial charge < -0.3 is 10.4 Å². The molecule has 1 aliphatic heterocycles. The van der Waals surface area contributed by atoms with Crippen molar-refractivity contribution in [1.29, 1.82) is 0 Å². The molecule has 1 saturated heterocycles. The van der Waals surface area contributed by atoms with E-state index in [-0.39, 0.29) is 16.7 Å². The number of alkyl halides is 3. The Labute approximate surface area is 154 Å².